The van der Waals surface area contributed by atoms with Crippen LogP contribution >= 0.6 is 11.3 Å². The third kappa shape index (κ3) is 4.37. The van der Waals surface area contributed by atoms with Gasteiger partial charge in [-0.2, -0.15) is 0 Å². The number of nitrogens with zero attached hydrogens (tertiary/aromatic N) is 1. The summed E-state index contributed by atoms with van der Waals surface area (Å²) in [6.45, 7) is -0.271. The number of rotatable bonds is 7. The normalized spacial score (nSPS) is 10.4. The molecule has 0 aliphatic rings. The van der Waals surface area contributed by atoms with Crippen molar-refractivity contribution in [2.24, 2.45) is 0 Å². The van der Waals surface area contributed by atoms with Gasteiger partial charge in [-0.25, -0.2) is 13.8 Å². The van der Waals surface area contributed by atoms with E-state index in [-0.39, 0.29) is 17.8 Å². The van der Waals surface area contributed by atoms with Crippen molar-refractivity contribution < 1.29 is 23.0 Å². The number of hydrogen-bond donors (Lipinski definition) is 2. The van der Waals surface area contributed by atoms with Crippen LogP contribution in [0.4, 0.5) is 19.6 Å². The number of halogens is 2. The lowest BCUT2D eigenvalue weighted by Gasteiger charge is -2.09. The molecule has 0 bridgehead atoms. The van der Waals surface area contributed by atoms with E-state index in [0.717, 1.165) is 12.1 Å². The van der Waals surface area contributed by atoms with Crippen LogP contribution in [0.25, 0.3) is 0 Å². The largest absolute Gasteiger partial charge is 0.493 e. The molecule has 0 unspecified atom stereocenters. The van der Waals surface area contributed by atoms with E-state index in [1.54, 1.807) is 30.7 Å². The van der Waals surface area contributed by atoms with Gasteiger partial charge in [0, 0.05) is 29.2 Å². The maximum atomic E-state index is 13.6. The predicted molar refractivity (Wildman–Crippen MR) is 102 cm³/mol. The van der Waals surface area contributed by atoms with Gasteiger partial charge in [0.1, 0.15) is 17.3 Å². The van der Waals surface area contributed by atoms with Crippen LogP contribution in [-0.2, 0) is 6.54 Å². The molecule has 0 saturated heterocycles. The van der Waals surface area contributed by atoms with E-state index in [9.17, 15) is 13.6 Å². The van der Waals surface area contributed by atoms with Crippen molar-refractivity contribution in [1.29, 1.82) is 0 Å². The molecule has 6 nitrogen and oxygen atoms in total. The van der Waals surface area contributed by atoms with Gasteiger partial charge in [-0.3, -0.25) is 4.79 Å². The van der Waals surface area contributed by atoms with Crippen molar-refractivity contribution in [2.45, 2.75) is 6.54 Å². The quantitative estimate of drug-likeness (QED) is 0.619. The Morgan fingerprint density at radius 1 is 1.11 bits per heavy atom. The summed E-state index contributed by atoms with van der Waals surface area (Å²) in [6, 6.07) is 8.80. The summed E-state index contributed by atoms with van der Waals surface area (Å²) in [5.74, 6) is -0.815. The summed E-state index contributed by atoms with van der Waals surface area (Å²) in [7, 11) is 3.08. The average molecular weight is 405 g/mol. The predicted octanol–water partition coefficient (Wildman–Crippen LogP) is 4.11. The first-order valence-corrected chi connectivity index (χ1v) is 9.05. The molecule has 1 amide bonds. The highest BCUT2D eigenvalue weighted by Gasteiger charge is 2.14. The fourth-order valence-corrected chi connectivity index (χ4v) is 3.14. The Labute approximate surface area is 164 Å². The number of benzene rings is 2. The highest BCUT2D eigenvalue weighted by atomic mass is 32.1. The second-order valence-electron chi connectivity index (χ2n) is 5.62. The van der Waals surface area contributed by atoms with Crippen LogP contribution in [0.1, 0.15) is 16.1 Å². The molecular weight excluding hydrogens is 388 g/mol. The summed E-state index contributed by atoms with van der Waals surface area (Å²) in [5.41, 5.74) is 0.645. The lowest BCUT2D eigenvalue weighted by Crippen LogP contribution is -2.24. The molecule has 3 aromatic rings. The molecule has 0 aliphatic heterocycles. The topological polar surface area (TPSA) is 72.5 Å². The van der Waals surface area contributed by atoms with E-state index < -0.39 is 17.5 Å². The summed E-state index contributed by atoms with van der Waals surface area (Å²) >= 11 is 1.22. The van der Waals surface area contributed by atoms with E-state index in [2.05, 4.69) is 15.6 Å². The van der Waals surface area contributed by atoms with Gasteiger partial charge in [0.25, 0.3) is 5.91 Å². The van der Waals surface area contributed by atoms with E-state index in [1.807, 2.05) is 0 Å². The van der Waals surface area contributed by atoms with Gasteiger partial charge in [0.05, 0.1) is 14.2 Å². The summed E-state index contributed by atoms with van der Waals surface area (Å²) in [6.07, 6.45) is 0. The number of carbonyl (C=O) groups excluding carboxylic acids is 1. The SMILES string of the molecule is COc1ccc(Nc2nc(C(=O)NCc3c(F)cccc3F)cs2)cc1OC. The second-order valence-corrected chi connectivity index (χ2v) is 6.47. The molecule has 2 N–H and O–H groups in total. The smallest absolute Gasteiger partial charge is 0.271 e. The monoisotopic (exact) mass is 405 g/mol. The summed E-state index contributed by atoms with van der Waals surface area (Å²) in [5, 5.41) is 7.57. The Hall–Kier alpha value is -3.20. The summed E-state index contributed by atoms with van der Waals surface area (Å²) in [4.78, 5) is 16.4. The van der Waals surface area contributed by atoms with Gasteiger partial charge >= 0.3 is 0 Å². The van der Waals surface area contributed by atoms with Crippen LogP contribution in [0, 0.1) is 11.6 Å². The zero-order valence-electron chi connectivity index (χ0n) is 15.1. The van der Waals surface area contributed by atoms with Crippen molar-refractivity contribution in [2.75, 3.05) is 19.5 Å². The van der Waals surface area contributed by atoms with Gasteiger partial charge in [0.2, 0.25) is 0 Å². The number of methoxy groups -OCH3 is 2. The van der Waals surface area contributed by atoms with Gasteiger partial charge in [-0.1, -0.05) is 6.07 Å². The lowest BCUT2D eigenvalue weighted by molar-refractivity contribution is 0.0946. The van der Waals surface area contributed by atoms with Crippen LogP contribution in [0.2, 0.25) is 0 Å². The van der Waals surface area contributed by atoms with E-state index in [1.165, 1.54) is 24.5 Å². The van der Waals surface area contributed by atoms with Crippen molar-refractivity contribution in [1.82, 2.24) is 10.3 Å². The first-order chi connectivity index (χ1) is 13.5. The highest BCUT2D eigenvalue weighted by molar-refractivity contribution is 7.14. The van der Waals surface area contributed by atoms with Crippen LogP contribution in [0.5, 0.6) is 11.5 Å². The fraction of sp³-hybridized carbons (Fsp3) is 0.158. The second kappa shape index (κ2) is 8.66. The molecule has 3 rings (SSSR count). The van der Waals surface area contributed by atoms with Crippen molar-refractivity contribution >= 4 is 28.1 Å². The third-order valence-electron chi connectivity index (χ3n) is 3.86. The van der Waals surface area contributed by atoms with E-state index in [0.29, 0.717) is 22.3 Å². The Morgan fingerprint density at radius 2 is 1.82 bits per heavy atom. The van der Waals surface area contributed by atoms with Gasteiger partial charge in [0.15, 0.2) is 16.6 Å². The molecule has 0 aliphatic carbocycles. The van der Waals surface area contributed by atoms with E-state index in [4.69, 9.17) is 9.47 Å². The molecule has 1 heterocycles. The zero-order valence-corrected chi connectivity index (χ0v) is 15.9. The van der Waals surface area contributed by atoms with Crippen LogP contribution in [-0.4, -0.2) is 25.1 Å². The number of nitrogens with one attached hydrogen (secondary N) is 2. The molecule has 9 heteroatoms. The number of ether oxygens (including phenoxy) is 2. The van der Waals surface area contributed by atoms with Crippen molar-refractivity contribution in [3.63, 3.8) is 0 Å². The van der Waals surface area contributed by atoms with E-state index >= 15 is 0 Å². The molecule has 1 aromatic heterocycles. The highest BCUT2D eigenvalue weighted by Crippen LogP contribution is 2.31. The van der Waals surface area contributed by atoms with Crippen molar-refractivity contribution in [3.05, 3.63) is 64.7 Å². The lowest BCUT2D eigenvalue weighted by atomic mass is 10.2. The number of thiazole rings is 1. The molecule has 28 heavy (non-hydrogen) atoms. The number of amides is 1. The van der Waals surface area contributed by atoms with Crippen LogP contribution in [0.3, 0.4) is 0 Å². The average Bonchev–Trinajstić information content (AvgIpc) is 3.16. The van der Waals surface area contributed by atoms with Crippen LogP contribution < -0.4 is 20.1 Å². The molecule has 2 aromatic carbocycles. The third-order valence-corrected chi connectivity index (χ3v) is 4.62. The number of hydrogen-bond acceptors (Lipinski definition) is 6. The molecule has 0 saturated carbocycles. The van der Waals surface area contributed by atoms with Gasteiger partial charge in [-0.05, 0) is 24.3 Å². The number of carbonyl (C=O) groups is 1. The van der Waals surface area contributed by atoms with Gasteiger partial charge < -0.3 is 20.1 Å². The summed E-state index contributed by atoms with van der Waals surface area (Å²) < 4.78 is 37.7. The maximum absolute atomic E-state index is 13.6. The number of aromatic nitrogens is 1. The Balaban J connectivity index is 1.66. The Morgan fingerprint density at radius 3 is 2.50 bits per heavy atom. The fourth-order valence-electron chi connectivity index (χ4n) is 2.43. The Bertz CT molecular complexity index is 974. The molecular formula is C19H17F2N3O3S. The number of anilines is 2. The van der Waals surface area contributed by atoms with Crippen LogP contribution in [0.15, 0.2) is 41.8 Å². The molecule has 0 fully saturated rings. The van der Waals surface area contributed by atoms with Crippen molar-refractivity contribution in [3.8, 4) is 11.5 Å². The molecule has 0 spiro atoms. The standard InChI is InChI=1S/C19H17F2N3O3S/c1-26-16-7-6-11(8-17(16)27-2)23-19-24-15(10-28-19)18(25)22-9-12-13(20)4-3-5-14(12)21/h3-8,10H,9H2,1-2H3,(H,22,25)(H,23,24). The zero-order chi connectivity index (χ0) is 20.1. The maximum Gasteiger partial charge on any atom is 0.271 e. The van der Waals surface area contributed by atoms with Gasteiger partial charge in [-0.15, -0.1) is 11.3 Å². The molecule has 0 radical (unpaired) electrons. The first kappa shape index (κ1) is 19.6. The minimum Gasteiger partial charge on any atom is -0.493 e. The Kier molecular flexibility index (Phi) is 6.05. The molecule has 0 atom stereocenters. The molecule has 146 valence electrons. The first-order valence-electron chi connectivity index (χ1n) is 8.17. The minimum absolute atomic E-state index is 0.143. The minimum atomic E-state index is -0.714.